The molecule has 1 nitrogen and oxygen atoms in total. The molecule has 0 spiro atoms. The van der Waals surface area contributed by atoms with Crippen LogP contribution in [0.25, 0.3) is 0 Å². The summed E-state index contributed by atoms with van der Waals surface area (Å²) in [6.07, 6.45) is 1.56. The average Bonchev–Trinajstić information content (AvgIpc) is 2.34. The number of phenols is 1. The van der Waals surface area contributed by atoms with Crippen LogP contribution < -0.4 is 0 Å². The van der Waals surface area contributed by atoms with Crippen LogP contribution in [0.3, 0.4) is 0 Å². The van der Waals surface area contributed by atoms with E-state index in [2.05, 4.69) is 19.1 Å². The van der Waals surface area contributed by atoms with Crippen molar-refractivity contribution in [2.24, 2.45) is 0 Å². The molecule has 0 saturated heterocycles. The number of aryl methyl sites for hydroxylation is 1. The Morgan fingerprint density at radius 3 is 2.24 bits per heavy atom. The van der Waals surface area contributed by atoms with Gasteiger partial charge in [0.05, 0.1) is 0 Å². The fourth-order valence-electron chi connectivity index (χ4n) is 1.79. The molecule has 2 rings (SSSR count). The van der Waals surface area contributed by atoms with Gasteiger partial charge in [0.15, 0.2) is 0 Å². The monoisotopic (exact) mass is 230 g/mol. The van der Waals surface area contributed by atoms with E-state index in [1.165, 1.54) is 11.6 Å². The van der Waals surface area contributed by atoms with Crippen LogP contribution in [-0.2, 0) is 12.8 Å². The smallest absolute Gasteiger partial charge is 0.130 e. The van der Waals surface area contributed by atoms with Crippen molar-refractivity contribution < 1.29 is 9.50 Å². The lowest BCUT2D eigenvalue weighted by Gasteiger charge is -2.05. The Morgan fingerprint density at radius 1 is 1.00 bits per heavy atom. The van der Waals surface area contributed by atoms with Crippen LogP contribution in [0.4, 0.5) is 4.39 Å². The van der Waals surface area contributed by atoms with Crippen molar-refractivity contribution in [2.75, 3.05) is 0 Å². The van der Waals surface area contributed by atoms with E-state index in [0.717, 1.165) is 18.1 Å². The van der Waals surface area contributed by atoms with Gasteiger partial charge in [0.1, 0.15) is 11.6 Å². The van der Waals surface area contributed by atoms with Crippen molar-refractivity contribution in [3.63, 3.8) is 0 Å². The molecule has 0 amide bonds. The van der Waals surface area contributed by atoms with Gasteiger partial charge < -0.3 is 5.11 Å². The van der Waals surface area contributed by atoms with E-state index >= 15 is 0 Å². The Labute approximate surface area is 101 Å². The molecule has 0 unspecified atom stereocenters. The molecular weight excluding hydrogens is 215 g/mol. The van der Waals surface area contributed by atoms with Crippen molar-refractivity contribution in [1.82, 2.24) is 0 Å². The number of rotatable bonds is 3. The first kappa shape index (κ1) is 11.6. The van der Waals surface area contributed by atoms with Crippen LogP contribution in [-0.4, -0.2) is 5.11 Å². The van der Waals surface area contributed by atoms with Crippen molar-refractivity contribution in [3.8, 4) is 5.75 Å². The summed E-state index contributed by atoms with van der Waals surface area (Å²) in [4.78, 5) is 0. The zero-order valence-corrected chi connectivity index (χ0v) is 9.78. The maximum absolute atomic E-state index is 13.5. The van der Waals surface area contributed by atoms with Gasteiger partial charge in [-0.3, -0.25) is 0 Å². The third-order valence-corrected chi connectivity index (χ3v) is 2.86. The lowest BCUT2D eigenvalue weighted by Crippen LogP contribution is -1.92. The summed E-state index contributed by atoms with van der Waals surface area (Å²) >= 11 is 0. The number of hydrogen-bond acceptors (Lipinski definition) is 1. The summed E-state index contributed by atoms with van der Waals surface area (Å²) in [6, 6.07) is 12.4. The van der Waals surface area contributed by atoms with Crippen molar-refractivity contribution >= 4 is 0 Å². The third-order valence-electron chi connectivity index (χ3n) is 2.86. The number of halogens is 1. The van der Waals surface area contributed by atoms with E-state index in [0.29, 0.717) is 12.0 Å². The van der Waals surface area contributed by atoms with Gasteiger partial charge in [-0.05, 0) is 29.2 Å². The first-order chi connectivity index (χ1) is 8.19. The second-order valence-corrected chi connectivity index (χ2v) is 4.12. The van der Waals surface area contributed by atoms with Gasteiger partial charge in [-0.1, -0.05) is 37.3 Å². The Kier molecular flexibility index (Phi) is 3.43. The van der Waals surface area contributed by atoms with E-state index in [4.69, 9.17) is 5.11 Å². The van der Waals surface area contributed by atoms with Crippen molar-refractivity contribution in [2.45, 2.75) is 19.8 Å². The van der Waals surface area contributed by atoms with Crippen LogP contribution in [0.2, 0.25) is 0 Å². The number of hydrogen-bond donors (Lipinski definition) is 1. The number of benzene rings is 2. The lowest BCUT2D eigenvalue weighted by atomic mass is 10.0. The molecule has 0 aromatic heterocycles. The molecule has 2 aromatic carbocycles. The predicted molar refractivity (Wildman–Crippen MR) is 66.7 cm³/mol. The molecule has 0 fully saturated rings. The second kappa shape index (κ2) is 5.00. The molecule has 2 aromatic rings. The SMILES string of the molecule is CCc1ccc(Cc2ccc(O)cc2F)cc1. The standard InChI is InChI=1S/C15H15FO/c1-2-11-3-5-12(6-4-11)9-13-7-8-14(17)10-15(13)16/h3-8,10,17H,2,9H2,1H3. The summed E-state index contributed by atoms with van der Waals surface area (Å²) in [5, 5.41) is 9.13. The number of aromatic hydroxyl groups is 1. The van der Waals surface area contributed by atoms with Gasteiger partial charge in [-0.25, -0.2) is 4.39 Å². The molecule has 88 valence electrons. The molecule has 2 heteroatoms. The van der Waals surface area contributed by atoms with E-state index in [1.54, 1.807) is 6.07 Å². The highest BCUT2D eigenvalue weighted by Gasteiger charge is 2.04. The molecule has 0 aliphatic heterocycles. The van der Waals surface area contributed by atoms with Crippen LogP contribution in [0.15, 0.2) is 42.5 Å². The maximum Gasteiger partial charge on any atom is 0.130 e. The first-order valence-electron chi connectivity index (χ1n) is 5.74. The Hall–Kier alpha value is -1.83. The highest BCUT2D eigenvalue weighted by atomic mass is 19.1. The third kappa shape index (κ3) is 2.84. The Balaban J connectivity index is 2.19. The molecule has 0 atom stereocenters. The lowest BCUT2D eigenvalue weighted by molar-refractivity contribution is 0.468. The van der Waals surface area contributed by atoms with Gasteiger partial charge in [0.25, 0.3) is 0 Å². The van der Waals surface area contributed by atoms with Crippen molar-refractivity contribution in [1.29, 1.82) is 0 Å². The fraction of sp³-hybridized carbons (Fsp3) is 0.200. The minimum atomic E-state index is -0.357. The van der Waals surface area contributed by atoms with E-state index < -0.39 is 0 Å². The molecule has 1 N–H and O–H groups in total. The Morgan fingerprint density at radius 2 is 1.65 bits per heavy atom. The van der Waals surface area contributed by atoms with Gasteiger partial charge >= 0.3 is 0 Å². The Bertz CT molecular complexity index is 503. The van der Waals surface area contributed by atoms with Gasteiger partial charge in [-0.2, -0.15) is 0 Å². The molecule has 0 heterocycles. The highest BCUT2D eigenvalue weighted by Crippen LogP contribution is 2.18. The summed E-state index contributed by atoms with van der Waals surface area (Å²) in [7, 11) is 0. The van der Waals surface area contributed by atoms with Crippen molar-refractivity contribution in [3.05, 3.63) is 65.0 Å². The zero-order chi connectivity index (χ0) is 12.3. The van der Waals surface area contributed by atoms with Gasteiger partial charge in [0.2, 0.25) is 0 Å². The molecule has 0 aliphatic rings. The van der Waals surface area contributed by atoms with Crippen LogP contribution in [0.1, 0.15) is 23.6 Å². The van der Waals surface area contributed by atoms with Gasteiger partial charge in [0, 0.05) is 12.5 Å². The molecule has 0 saturated carbocycles. The predicted octanol–water partition coefficient (Wildman–Crippen LogP) is 3.68. The van der Waals surface area contributed by atoms with E-state index in [9.17, 15) is 4.39 Å². The summed E-state index contributed by atoms with van der Waals surface area (Å²) in [6.45, 7) is 2.11. The molecular formula is C15H15FO. The molecule has 17 heavy (non-hydrogen) atoms. The first-order valence-corrected chi connectivity index (χ1v) is 5.74. The summed E-state index contributed by atoms with van der Waals surface area (Å²) in [5.41, 5.74) is 2.96. The zero-order valence-electron chi connectivity index (χ0n) is 9.78. The fourth-order valence-corrected chi connectivity index (χ4v) is 1.79. The minimum Gasteiger partial charge on any atom is -0.508 e. The van der Waals surface area contributed by atoms with Crippen LogP contribution in [0.5, 0.6) is 5.75 Å². The van der Waals surface area contributed by atoms with Gasteiger partial charge in [-0.15, -0.1) is 0 Å². The molecule has 0 aliphatic carbocycles. The van der Waals surface area contributed by atoms with Crippen LogP contribution in [0, 0.1) is 5.82 Å². The summed E-state index contributed by atoms with van der Waals surface area (Å²) in [5.74, 6) is -0.392. The average molecular weight is 230 g/mol. The van der Waals surface area contributed by atoms with E-state index in [1.807, 2.05) is 12.1 Å². The number of phenolic OH excluding ortho intramolecular Hbond substituents is 1. The largest absolute Gasteiger partial charge is 0.508 e. The normalized spacial score (nSPS) is 10.5. The van der Waals surface area contributed by atoms with E-state index in [-0.39, 0.29) is 11.6 Å². The highest BCUT2D eigenvalue weighted by molar-refractivity contribution is 5.33. The molecule has 0 radical (unpaired) electrons. The van der Waals surface area contributed by atoms with Crippen LogP contribution >= 0.6 is 0 Å². The summed E-state index contributed by atoms with van der Waals surface area (Å²) < 4.78 is 13.5. The minimum absolute atomic E-state index is 0.0346. The second-order valence-electron chi connectivity index (χ2n) is 4.12. The topological polar surface area (TPSA) is 20.2 Å². The molecule has 0 bridgehead atoms. The quantitative estimate of drug-likeness (QED) is 0.852. The maximum atomic E-state index is 13.5.